The van der Waals surface area contributed by atoms with Gasteiger partial charge in [0.1, 0.15) is 12.3 Å². The summed E-state index contributed by atoms with van der Waals surface area (Å²) in [5.74, 6) is -1.16. The molecule has 10 heteroatoms. The van der Waals surface area contributed by atoms with E-state index in [2.05, 4.69) is 33.9 Å². The third-order valence-corrected chi connectivity index (χ3v) is 11.4. The number of nitrogens with zero attached hydrogens (tertiary/aromatic N) is 2. The standard InChI is InChI=1S/C25H34N2O7Si/c1-25(2,3)35(5,6)34-21-18(13-15-32-4)23(33-19(21)16-28)26-14-12-20(29)27(24(26)31)22(30)17-10-8-7-9-11-17/h7-12,14,16,18-19,21,23H,13,15H2,1-6H3/t18-,19-,21+,23-/m1/s1. The van der Waals surface area contributed by atoms with Crippen LogP contribution in [0.2, 0.25) is 18.1 Å². The average molecular weight is 503 g/mol. The van der Waals surface area contributed by atoms with E-state index in [-0.39, 0.29) is 10.6 Å². The fourth-order valence-electron chi connectivity index (χ4n) is 3.94. The smallest absolute Gasteiger partial charge is 0.340 e. The molecule has 9 nitrogen and oxygen atoms in total. The van der Waals surface area contributed by atoms with Gasteiger partial charge in [-0.15, -0.1) is 0 Å². The lowest BCUT2D eigenvalue weighted by Gasteiger charge is -2.40. The molecule has 190 valence electrons. The van der Waals surface area contributed by atoms with E-state index in [0.29, 0.717) is 23.9 Å². The molecule has 1 aliphatic heterocycles. The summed E-state index contributed by atoms with van der Waals surface area (Å²) in [4.78, 5) is 51.0. The predicted octanol–water partition coefficient (Wildman–Crippen LogP) is 2.84. The zero-order valence-electron chi connectivity index (χ0n) is 21.1. The molecule has 35 heavy (non-hydrogen) atoms. The Labute approximate surface area is 205 Å². The Balaban J connectivity index is 2.07. The van der Waals surface area contributed by atoms with E-state index < -0.39 is 49.8 Å². The van der Waals surface area contributed by atoms with Crippen molar-refractivity contribution in [2.45, 2.75) is 63.8 Å². The Hall–Kier alpha value is -2.66. The first kappa shape index (κ1) is 26.9. The van der Waals surface area contributed by atoms with Crippen LogP contribution in [-0.4, -0.2) is 55.6 Å². The van der Waals surface area contributed by atoms with Crippen LogP contribution in [0.15, 0.2) is 52.2 Å². The second-order valence-electron chi connectivity index (χ2n) is 10.3. The van der Waals surface area contributed by atoms with Crippen molar-refractivity contribution in [3.63, 3.8) is 0 Å². The molecule has 0 N–H and O–H groups in total. The average Bonchev–Trinajstić information content (AvgIpc) is 3.13. The van der Waals surface area contributed by atoms with Gasteiger partial charge in [-0.1, -0.05) is 39.0 Å². The minimum atomic E-state index is -2.31. The van der Waals surface area contributed by atoms with Crippen LogP contribution in [0.4, 0.5) is 0 Å². The Morgan fingerprint density at radius 3 is 2.37 bits per heavy atom. The maximum atomic E-state index is 13.4. The van der Waals surface area contributed by atoms with Gasteiger partial charge in [-0.25, -0.2) is 4.79 Å². The molecule has 1 aromatic carbocycles. The van der Waals surface area contributed by atoms with E-state index in [0.717, 1.165) is 6.07 Å². The zero-order chi connectivity index (χ0) is 26.0. The van der Waals surface area contributed by atoms with Crippen molar-refractivity contribution in [1.82, 2.24) is 9.13 Å². The molecule has 1 saturated heterocycles. The number of benzene rings is 1. The van der Waals surface area contributed by atoms with Gasteiger partial charge >= 0.3 is 5.69 Å². The topological polar surface area (TPSA) is 106 Å². The normalized spacial score (nSPS) is 22.8. The van der Waals surface area contributed by atoms with Crippen molar-refractivity contribution in [3.8, 4) is 0 Å². The van der Waals surface area contributed by atoms with E-state index >= 15 is 0 Å². The number of carbonyl (C=O) groups excluding carboxylic acids is 2. The lowest BCUT2D eigenvalue weighted by Crippen LogP contribution is -2.48. The van der Waals surface area contributed by atoms with Gasteiger partial charge in [-0.05, 0) is 36.7 Å². The summed E-state index contributed by atoms with van der Waals surface area (Å²) < 4.78 is 19.7. The van der Waals surface area contributed by atoms with Crippen LogP contribution in [0.25, 0.3) is 0 Å². The molecular weight excluding hydrogens is 468 g/mol. The lowest BCUT2D eigenvalue weighted by molar-refractivity contribution is -0.122. The van der Waals surface area contributed by atoms with E-state index in [1.165, 1.54) is 22.9 Å². The van der Waals surface area contributed by atoms with Crippen LogP contribution in [0.1, 0.15) is 43.8 Å². The molecule has 0 spiro atoms. The Kier molecular flexibility index (Phi) is 8.10. The van der Waals surface area contributed by atoms with Gasteiger partial charge in [0.15, 0.2) is 14.6 Å². The summed E-state index contributed by atoms with van der Waals surface area (Å²) in [6.07, 6.45) is 0.00819. The Morgan fingerprint density at radius 2 is 1.80 bits per heavy atom. The first-order valence-corrected chi connectivity index (χ1v) is 14.5. The van der Waals surface area contributed by atoms with E-state index in [9.17, 15) is 19.2 Å². The van der Waals surface area contributed by atoms with Crippen molar-refractivity contribution in [1.29, 1.82) is 0 Å². The lowest BCUT2D eigenvalue weighted by atomic mass is 9.96. The van der Waals surface area contributed by atoms with Crippen LogP contribution in [0.3, 0.4) is 0 Å². The Bertz CT molecular complexity index is 1170. The zero-order valence-corrected chi connectivity index (χ0v) is 22.1. The number of rotatable bonds is 8. The second-order valence-corrected chi connectivity index (χ2v) is 15.0. The van der Waals surface area contributed by atoms with Gasteiger partial charge < -0.3 is 18.7 Å². The van der Waals surface area contributed by atoms with Crippen LogP contribution in [0, 0.1) is 5.92 Å². The predicted molar refractivity (Wildman–Crippen MR) is 133 cm³/mol. The van der Waals surface area contributed by atoms with Crippen LogP contribution < -0.4 is 11.2 Å². The van der Waals surface area contributed by atoms with E-state index in [1.54, 1.807) is 25.3 Å². The fraction of sp³-hybridized carbons (Fsp3) is 0.520. The van der Waals surface area contributed by atoms with Crippen molar-refractivity contribution < 1.29 is 23.5 Å². The highest BCUT2D eigenvalue weighted by molar-refractivity contribution is 6.74. The molecule has 0 bridgehead atoms. The SMILES string of the molecule is COCC[C@@H]1[C@H](O[Si](C)(C)C(C)(C)C)[C@@H](C=O)O[C@H]1n1ccc(=O)n(C(=O)c2ccccc2)c1=O. The molecule has 2 aromatic rings. The number of carbonyl (C=O) groups is 2. The monoisotopic (exact) mass is 502 g/mol. The number of aromatic nitrogens is 2. The fourth-order valence-corrected chi connectivity index (χ4v) is 5.28. The third-order valence-electron chi connectivity index (χ3n) is 6.94. The van der Waals surface area contributed by atoms with Crippen LogP contribution in [0.5, 0.6) is 0 Å². The molecule has 0 unspecified atom stereocenters. The molecule has 0 aliphatic carbocycles. The summed E-state index contributed by atoms with van der Waals surface area (Å²) in [5.41, 5.74) is -1.37. The summed E-state index contributed by atoms with van der Waals surface area (Å²) in [6, 6.07) is 9.25. The summed E-state index contributed by atoms with van der Waals surface area (Å²) in [5, 5.41) is -0.115. The van der Waals surface area contributed by atoms with Gasteiger partial charge in [0, 0.05) is 37.5 Å². The minimum absolute atomic E-state index is 0.115. The molecule has 1 aromatic heterocycles. The van der Waals surface area contributed by atoms with E-state index in [1.807, 2.05) is 0 Å². The van der Waals surface area contributed by atoms with Gasteiger partial charge in [0.05, 0.1) is 6.10 Å². The van der Waals surface area contributed by atoms with Crippen LogP contribution in [-0.2, 0) is 18.7 Å². The molecule has 0 amide bonds. The van der Waals surface area contributed by atoms with Gasteiger partial charge in [-0.3, -0.25) is 14.2 Å². The van der Waals surface area contributed by atoms with Crippen molar-refractivity contribution >= 4 is 20.5 Å². The molecule has 1 fully saturated rings. The highest BCUT2D eigenvalue weighted by Gasteiger charge is 2.50. The number of aldehydes is 1. The number of methoxy groups -OCH3 is 1. The second kappa shape index (κ2) is 10.5. The largest absolute Gasteiger partial charge is 0.410 e. The third kappa shape index (κ3) is 5.45. The van der Waals surface area contributed by atoms with Gasteiger partial charge in [0.25, 0.3) is 11.5 Å². The first-order valence-electron chi connectivity index (χ1n) is 11.6. The Morgan fingerprint density at radius 1 is 1.14 bits per heavy atom. The van der Waals surface area contributed by atoms with Crippen molar-refractivity contribution in [3.05, 3.63) is 69.0 Å². The first-order chi connectivity index (χ1) is 16.4. The molecule has 4 atom stereocenters. The van der Waals surface area contributed by atoms with E-state index in [4.69, 9.17) is 13.9 Å². The molecule has 0 saturated carbocycles. The molecule has 0 radical (unpaired) electrons. The highest BCUT2D eigenvalue weighted by atomic mass is 28.4. The number of hydrogen-bond donors (Lipinski definition) is 0. The maximum Gasteiger partial charge on any atom is 0.340 e. The summed E-state index contributed by atoms with van der Waals surface area (Å²) >= 11 is 0. The summed E-state index contributed by atoms with van der Waals surface area (Å²) in [7, 11) is -0.745. The maximum absolute atomic E-state index is 13.4. The highest BCUT2D eigenvalue weighted by Crippen LogP contribution is 2.44. The summed E-state index contributed by atoms with van der Waals surface area (Å²) in [6.45, 7) is 10.8. The van der Waals surface area contributed by atoms with Crippen molar-refractivity contribution in [2.75, 3.05) is 13.7 Å². The minimum Gasteiger partial charge on any atom is -0.410 e. The van der Waals surface area contributed by atoms with Crippen LogP contribution >= 0.6 is 0 Å². The molecule has 2 heterocycles. The molecule has 3 rings (SSSR count). The van der Waals surface area contributed by atoms with Gasteiger partial charge in [-0.2, -0.15) is 4.57 Å². The quantitative estimate of drug-likeness (QED) is 0.404. The molecule has 1 aliphatic rings. The number of ether oxygens (including phenoxy) is 2. The molecular formula is C25H34N2O7Si. The van der Waals surface area contributed by atoms with Gasteiger partial charge in [0.2, 0.25) is 0 Å². The van der Waals surface area contributed by atoms with Crippen molar-refractivity contribution in [2.24, 2.45) is 5.92 Å². The number of hydrogen-bond acceptors (Lipinski definition) is 7.